The van der Waals surface area contributed by atoms with Crippen molar-refractivity contribution in [2.24, 2.45) is 0 Å². The molecular weight excluding hydrogens is 281 g/mol. The molecule has 0 bridgehead atoms. The van der Waals surface area contributed by atoms with E-state index in [1.807, 2.05) is 41.1 Å². The van der Waals surface area contributed by atoms with Crippen LogP contribution >= 0.6 is 0 Å². The Morgan fingerprint density at radius 3 is 2.53 bits per heavy atom. The number of hydrogen-bond donors (Lipinski definition) is 0. The third-order valence-corrected chi connectivity index (χ3v) is 3.36. The molecule has 0 amide bonds. The first-order valence-electron chi connectivity index (χ1n) is 5.07. The van der Waals surface area contributed by atoms with Crippen molar-refractivity contribution in [1.82, 2.24) is 4.57 Å². The van der Waals surface area contributed by atoms with Crippen LogP contribution in [-0.4, -0.2) is 33.5 Å². The second-order valence-corrected chi connectivity index (χ2v) is 4.27. The number of rotatable bonds is 3. The van der Waals surface area contributed by atoms with Crippen LogP contribution in [0.15, 0.2) is 42.6 Å². The number of carbonyl (C=O) groups is 1. The Hall–Kier alpha value is -1.64. The molecular formula is C13H11NO2Se. The summed E-state index contributed by atoms with van der Waals surface area (Å²) in [5, 5.41) is 0. The number of benzene rings is 1. The molecule has 86 valence electrons. The van der Waals surface area contributed by atoms with Gasteiger partial charge in [0, 0.05) is 0 Å². The van der Waals surface area contributed by atoms with E-state index in [9.17, 15) is 4.79 Å². The van der Waals surface area contributed by atoms with Crippen LogP contribution in [0.25, 0.3) is 5.69 Å². The van der Waals surface area contributed by atoms with Gasteiger partial charge < -0.3 is 0 Å². The van der Waals surface area contributed by atoms with E-state index in [-0.39, 0.29) is 0 Å². The van der Waals surface area contributed by atoms with Gasteiger partial charge in [-0.15, -0.1) is 0 Å². The first kappa shape index (κ1) is 11.8. The van der Waals surface area contributed by atoms with E-state index < -0.39 is 0 Å². The van der Waals surface area contributed by atoms with E-state index in [0.717, 1.165) is 21.9 Å². The van der Waals surface area contributed by atoms with Gasteiger partial charge >= 0.3 is 107 Å². The molecule has 0 saturated carbocycles. The van der Waals surface area contributed by atoms with Gasteiger partial charge in [-0.3, -0.25) is 0 Å². The van der Waals surface area contributed by atoms with E-state index in [4.69, 9.17) is 4.74 Å². The molecule has 1 aromatic heterocycles. The summed E-state index contributed by atoms with van der Waals surface area (Å²) in [5.41, 5.74) is 1.62. The summed E-state index contributed by atoms with van der Waals surface area (Å²) in [6.07, 6.45) is 2.74. The number of nitrogens with zero attached hydrogens (tertiary/aromatic N) is 1. The molecule has 0 N–H and O–H groups in total. The van der Waals surface area contributed by atoms with Crippen molar-refractivity contribution < 1.29 is 9.53 Å². The standard InChI is InChI=1S/C13H11NO2Se/c1-16-12-6-4-11(5-7-12)14-8-2-3-10(9-15)13(14)17/h2-9H,1H3. The van der Waals surface area contributed by atoms with Gasteiger partial charge in [-0.2, -0.15) is 0 Å². The van der Waals surface area contributed by atoms with Crippen LogP contribution in [0.2, 0.25) is 0 Å². The van der Waals surface area contributed by atoms with Crippen LogP contribution in [0.5, 0.6) is 5.75 Å². The van der Waals surface area contributed by atoms with Gasteiger partial charge in [-0.1, -0.05) is 0 Å². The summed E-state index contributed by atoms with van der Waals surface area (Å²) in [6.45, 7) is 0. The molecule has 3 nitrogen and oxygen atoms in total. The molecule has 0 spiro atoms. The van der Waals surface area contributed by atoms with Gasteiger partial charge in [0.2, 0.25) is 0 Å². The summed E-state index contributed by atoms with van der Waals surface area (Å²) in [6, 6.07) is 11.3. The molecule has 2 rings (SSSR count). The van der Waals surface area contributed by atoms with E-state index in [2.05, 4.69) is 15.6 Å². The molecule has 0 saturated heterocycles. The van der Waals surface area contributed by atoms with Gasteiger partial charge in [0.25, 0.3) is 0 Å². The number of carbonyl (C=O) groups excluding carboxylic acids is 1. The molecule has 0 unspecified atom stereocenters. The number of aromatic nitrogens is 1. The molecule has 0 radical (unpaired) electrons. The Labute approximate surface area is 107 Å². The number of methoxy groups -OCH3 is 1. The number of ether oxygens (including phenoxy) is 1. The zero-order valence-electron chi connectivity index (χ0n) is 9.29. The zero-order chi connectivity index (χ0) is 12.3. The van der Waals surface area contributed by atoms with Crippen LogP contribution in [-0.2, 0) is 0 Å². The van der Waals surface area contributed by atoms with Crippen molar-refractivity contribution in [1.29, 1.82) is 0 Å². The first-order valence-corrected chi connectivity index (χ1v) is 5.93. The van der Waals surface area contributed by atoms with Crippen molar-refractivity contribution in [3.63, 3.8) is 0 Å². The molecule has 17 heavy (non-hydrogen) atoms. The van der Waals surface area contributed by atoms with Crippen LogP contribution in [0, 0.1) is 4.19 Å². The van der Waals surface area contributed by atoms with E-state index >= 15 is 0 Å². The molecule has 1 aromatic carbocycles. The van der Waals surface area contributed by atoms with Crippen molar-refractivity contribution >= 4 is 21.9 Å². The zero-order valence-corrected chi connectivity index (χ0v) is 11.0. The van der Waals surface area contributed by atoms with Gasteiger partial charge in [0.1, 0.15) is 0 Å². The Morgan fingerprint density at radius 1 is 1.24 bits per heavy atom. The van der Waals surface area contributed by atoms with Crippen molar-refractivity contribution in [3.8, 4) is 11.4 Å². The van der Waals surface area contributed by atoms with Gasteiger partial charge in [-0.25, -0.2) is 0 Å². The summed E-state index contributed by atoms with van der Waals surface area (Å²) in [5.74, 6) is 0.808. The SMILES string of the molecule is COc1ccc(-n2cccc(C=O)c2=[Se])cc1. The molecule has 1 heterocycles. The molecule has 0 aliphatic rings. The van der Waals surface area contributed by atoms with Crippen LogP contribution in [0.4, 0.5) is 0 Å². The summed E-state index contributed by atoms with van der Waals surface area (Å²) < 4.78 is 7.83. The predicted molar refractivity (Wildman–Crippen MR) is 66.7 cm³/mol. The Morgan fingerprint density at radius 2 is 1.94 bits per heavy atom. The van der Waals surface area contributed by atoms with Crippen molar-refractivity contribution in [3.05, 3.63) is 52.4 Å². The summed E-state index contributed by atoms with van der Waals surface area (Å²) in [7, 11) is 1.63. The van der Waals surface area contributed by atoms with Crippen LogP contribution in [0.1, 0.15) is 10.4 Å². The maximum atomic E-state index is 10.9. The fourth-order valence-electron chi connectivity index (χ4n) is 1.55. The van der Waals surface area contributed by atoms with Gasteiger partial charge in [0.15, 0.2) is 0 Å². The molecule has 0 fully saturated rings. The molecule has 0 aliphatic carbocycles. The van der Waals surface area contributed by atoms with E-state index in [1.165, 1.54) is 0 Å². The second kappa shape index (κ2) is 5.13. The van der Waals surface area contributed by atoms with Gasteiger partial charge in [-0.05, 0) is 0 Å². The molecule has 4 heteroatoms. The number of aldehydes is 1. The van der Waals surface area contributed by atoms with Crippen molar-refractivity contribution in [2.75, 3.05) is 7.11 Å². The van der Waals surface area contributed by atoms with E-state index in [1.54, 1.807) is 13.2 Å². The monoisotopic (exact) mass is 293 g/mol. The number of hydrogen-bond acceptors (Lipinski definition) is 2. The third-order valence-electron chi connectivity index (χ3n) is 2.45. The Kier molecular flexibility index (Phi) is 3.57. The second-order valence-electron chi connectivity index (χ2n) is 3.45. The third kappa shape index (κ3) is 2.38. The number of pyridine rings is 1. The molecule has 0 atom stereocenters. The normalized spacial score (nSPS) is 9.94. The average molecular weight is 292 g/mol. The Balaban J connectivity index is 2.52. The minimum absolute atomic E-state index is 0.642. The van der Waals surface area contributed by atoms with Crippen LogP contribution < -0.4 is 4.74 Å². The fraction of sp³-hybridized carbons (Fsp3) is 0.0769. The average Bonchev–Trinajstić information content (AvgIpc) is 2.39. The first-order chi connectivity index (χ1) is 8.26. The summed E-state index contributed by atoms with van der Waals surface area (Å²) in [4.78, 5) is 10.9. The quantitative estimate of drug-likeness (QED) is 0.640. The van der Waals surface area contributed by atoms with Gasteiger partial charge in [0.05, 0.1) is 0 Å². The van der Waals surface area contributed by atoms with Crippen LogP contribution in [0.3, 0.4) is 0 Å². The fourth-order valence-corrected chi connectivity index (χ4v) is 2.14. The maximum absolute atomic E-state index is 10.9. The summed E-state index contributed by atoms with van der Waals surface area (Å²) >= 11 is 2.92. The molecule has 0 aliphatic heterocycles. The minimum atomic E-state index is 0.642. The van der Waals surface area contributed by atoms with Crippen molar-refractivity contribution in [2.45, 2.75) is 0 Å². The molecule has 2 aromatic rings. The predicted octanol–water partition coefficient (Wildman–Crippen LogP) is 2.00. The van der Waals surface area contributed by atoms with E-state index in [0.29, 0.717) is 5.56 Å². The Bertz CT molecular complexity index is 587. The topological polar surface area (TPSA) is 31.2 Å².